The van der Waals surface area contributed by atoms with Crippen LogP contribution in [0.5, 0.6) is 0 Å². The van der Waals surface area contributed by atoms with Crippen LogP contribution in [0.4, 0.5) is 11.4 Å². The normalized spacial score (nSPS) is 18.1. The molecule has 0 bridgehead atoms. The minimum Gasteiger partial charge on any atom is -0.399 e. The molecule has 94 valence electrons. The van der Waals surface area contributed by atoms with Gasteiger partial charge in [-0.25, -0.2) is 0 Å². The van der Waals surface area contributed by atoms with Gasteiger partial charge in [0.2, 0.25) is 0 Å². The average molecular weight is 233 g/mol. The Hall–Kier alpha value is -1.22. The zero-order valence-corrected chi connectivity index (χ0v) is 10.9. The highest BCUT2D eigenvalue weighted by Crippen LogP contribution is 2.22. The van der Waals surface area contributed by atoms with E-state index < -0.39 is 0 Å². The zero-order chi connectivity index (χ0) is 12.3. The second kappa shape index (κ2) is 5.41. The molecule has 1 aromatic carbocycles. The number of nitrogens with two attached hydrogens (primary N) is 1. The average Bonchev–Trinajstić information content (AvgIpc) is 2.55. The monoisotopic (exact) mass is 233 g/mol. The van der Waals surface area contributed by atoms with Crippen LogP contribution in [0.15, 0.2) is 18.2 Å². The quantitative estimate of drug-likeness (QED) is 0.793. The number of likely N-dealkylation sites (N-methyl/N-ethyl adjacent to an activating group) is 1. The molecule has 0 spiro atoms. The number of nitrogen functional groups attached to an aromatic ring is 1. The molecule has 0 radical (unpaired) electrons. The first-order valence-corrected chi connectivity index (χ1v) is 6.52. The number of hydrogen-bond donors (Lipinski definition) is 1. The summed E-state index contributed by atoms with van der Waals surface area (Å²) in [5.41, 5.74) is 9.46. The number of nitrogens with zero attached hydrogens (tertiary/aromatic N) is 2. The molecule has 1 aliphatic rings. The molecule has 17 heavy (non-hydrogen) atoms. The van der Waals surface area contributed by atoms with Crippen molar-refractivity contribution in [1.29, 1.82) is 0 Å². The van der Waals surface area contributed by atoms with Gasteiger partial charge in [-0.2, -0.15) is 0 Å². The third kappa shape index (κ3) is 2.91. The fourth-order valence-corrected chi connectivity index (χ4v) is 2.40. The second-order valence-corrected chi connectivity index (χ2v) is 4.88. The van der Waals surface area contributed by atoms with Gasteiger partial charge in [-0.1, -0.05) is 6.92 Å². The molecule has 1 aromatic rings. The van der Waals surface area contributed by atoms with E-state index in [0.29, 0.717) is 0 Å². The summed E-state index contributed by atoms with van der Waals surface area (Å²) in [5, 5.41) is 0. The first kappa shape index (κ1) is 12.2. The molecule has 0 saturated carbocycles. The number of rotatable bonds is 2. The van der Waals surface area contributed by atoms with Crippen LogP contribution in [0.2, 0.25) is 0 Å². The highest BCUT2D eigenvalue weighted by atomic mass is 15.2. The van der Waals surface area contributed by atoms with Crippen molar-refractivity contribution in [2.24, 2.45) is 0 Å². The van der Waals surface area contributed by atoms with E-state index in [1.807, 2.05) is 6.07 Å². The first-order valence-electron chi connectivity index (χ1n) is 6.52. The fourth-order valence-electron chi connectivity index (χ4n) is 2.40. The van der Waals surface area contributed by atoms with Gasteiger partial charge in [0.05, 0.1) is 0 Å². The molecule has 3 heteroatoms. The SMILES string of the molecule is CCc1cc(N2CCCN(C)CC2)ccc1N. The van der Waals surface area contributed by atoms with Crippen molar-refractivity contribution in [3.63, 3.8) is 0 Å². The summed E-state index contributed by atoms with van der Waals surface area (Å²) in [7, 11) is 2.20. The Bertz CT molecular complexity index is 376. The van der Waals surface area contributed by atoms with Gasteiger partial charge in [0.15, 0.2) is 0 Å². The molecule has 0 atom stereocenters. The van der Waals surface area contributed by atoms with Crippen LogP contribution in [-0.2, 0) is 6.42 Å². The molecular weight excluding hydrogens is 210 g/mol. The maximum Gasteiger partial charge on any atom is 0.0370 e. The lowest BCUT2D eigenvalue weighted by Gasteiger charge is -2.23. The van der Waals surface area contributed by atoms with Crippen LogP contribution in [0.3, 0.4) is 0 Å². The van der Waals surface area contributed by atoms with E-state index in [1.54, 1.807) is 0 Å². The Kier molecular flexibility index (Phi) is 3.89. The molecule has 0 aliphatic carbocycles. The van der Waals surface area contributed by atoms with Gasteiger partial charge in [0, 0.05) is 31.0 Å². The minimum absolute atomic E-state index is 0.920. The highest BCUT2D eigenvalue weighted by Gasteiger charge is 2.13. The van der Waals surface area contributed by atoms with E-state index in [1.165, 1.54) is 24.2 Å². The summed E-state index contributed by atoms with van der Waals surface area (Å²) < 4.78 is 0. The van der Waals surface area contributed by atoms with Gasteiger partial charge >= 0.3 is 0 Å². The standard InChI is InChI=1S/C14H23N3/c1-3-12-11-13(5-6-14(12)15)17-8-4-7-16(2)9-10-17/h5-6,11H,3-4,7-10,15H2,1-2H3. The fraction of sp³-hybridized carbons (Fsp3) is 0.571. The van der Waals surface area contributed by atoms with Crippen LogP contribution in [0, 0.1) is 0 Å². The van der Waals surface area contributed by atoms with E-state index in [2.05, 4.69) is 35.9 Å². The topological polar surface area (TPSA) is 32.5 Å². The molecule has 2 rings (SSSR count). The maximum absolute atomic E-state index is 5.96. The van der Waals surface area contributed by atoms with E-state index in [4.69, 9.17) is 5.73 Å². The van der Waals surface area contributed by atoms with Gasteiger partial charge in [-0.3, -0.25) is 0 Å². The Morgan fingerprint density at radius 3 is 2.76 bits per heavy atom. The van der Waals surface area contributed by atoms with Crippen LogP contribution in [0.25, 0.3) is 0 Å². The summed E-state index contributed by atoms with van der Waals surface area (Å²) in [4.78, 5) is 4.88. The van der Waals surface area contributed by atoms with Gasteiger partial charge in [0.25, 0.3) is 0 Å². The Morgan fingerprint density at radius 2 is 2.00 bits per heavy atom. The van der Waals surface area contributed by atoms with E-state index in [9.17, 15) is 0 Å². The van der Waals surface area contributed by atoms with Crippen molar-refractivity contribution < 1.29 is 0 Å². The van der Waals surface area contributed by atoms with E-state index in [0.717, 1.165) is 31.7 Å². The van der Waals surface area contributed by atoms with Crippen molar-refractivity contribution in [3.05, 3.63) is 23.8 Å². The van der Waals surface area contributed by atoms with E-state index >= 15 is 0 Å². The Balaban J connectivity index is 2.15. The summed E-state index contributed by atoms with van der Waals surface area (Å²) in [5.74, 6) is 0. The lowest BCUT2D eigenvalue weighted by Crippen LogP contribution is -2.28. The summed E-state index contributed by atoms with van der Waals surface area (Å²) >= 11 is 0. The van der Waals surface area contributed by atoms with Crippen molar-refractivity contribution in [2.75, 3.05) is 43.9 Å². The van der Waals surface area contributed by atoms with Gasteiger partial charge in [0.1, 0.15) is 0 Å². The first-order chi connectivity index (χ1) is 8.20. The number of benzene rings is 1. The van der Waals surface area contributed by atoms with Crippen LogP contribution < -0.4 is 10.6 Å². The van der Waals surface area contributed by atoms with Crippen LogP contribution in [-0.4, -0.2) is 38.1 Å². The van der Waals surface area contributed by atoms with Crippen molar-refractivity contribution in [2.45, 2.75) is 19.8 Å². The second-order valence-electron chi connectivity index (χ2n) is 4.88. The molecule has 3 nitrogen and oxygen atoms in total. The van der Waals surface area contributed by atoms with Gasteiger partial charge in [-0.05, 0) is 50.2 Å². The largest absolute Gasteiger partial charge is 0.399 e. The van der Waals surface area contributed by atoms with Crippen molar-refractivity contribution >= 4 is 11.4 Å². The molecule has 0 aromatic heterocycles. The maximum atomic E-state index is 5.96. The number of hydrogen-bond acceptors (Lipinski definition) is 3. The summed E-state index contributed by atoms with van der Waals surface area (Å²) in [6.45, 7) is 6.77. The highest BCUT2D eigenvalue weighted by molar-refractivity contribution is 5.58. The van der Waals surface area contributed by atoms with Crippen LogP contribution in [0.1, 0.15) is 18.9 Å². The minimum atomic E-state index is 0.920. The summed E-state index contributed by atoms with van der Waals surface area (Å²) in [6.07, 6.45) is 2.25. The van der Waals surface area contributed by atoms with Crippen LogP contribution >= 0.6 is 0 Å². The smallest absolute Gasteiger partial charge is 0.0370 e. The molecule has 1 fully saturated rings. The predicted octanol–water partition coefficient (Wildman–Crippen LogP) is 1.97. The third-order valence-corrected chi connectivity index (χ3v) is 3.59. The predicted molar refractivity (Wildman–Crippen MR) is 74.6 cm³/mol. The zero-order valence-electron chi connectivity index (χ0n) is 10.9. The molecule has 1 aliphatic heterocycles. The molecule has 1 saturated heterocycles. The Labute approximate surface area is 104 Å². The number of anilines is 2. The number of aryl methyl sites for hydroxylation is 1. The molecule has 1 heterocycles. The van der Waals surface area contributed by atoms with Gasteiger partial charge < -0.3 is 15.5 Å². The third-order valence-electron chi connectivity index (χ3n) is 3.59. The lowest BCUT2D eigenvalue weighted by molar-refractivity contribution is 0.360. The van der Waals surface area contributed by atoms with Crippen molar-refractivity contribution in [1.82, 2.24) is 4.90 Å². The van der Waals surface area contributed by atoms with Gasteiger partial charge in [-0.15, -0.1) is 0 Å². The Morgan fingerprint density at radius 1 is 1.18 bits per heavy atom. The molecule has 0 unspecified atom stereocenters. The molecule has 2 N–H and O–H groups in total. The molecular formula is C14H23N3. The van der Waals surface area contributed by atoms with E-state index in [-0.39, 0.29) is 0 Å². The summed E-state index contributed by atoms with van der Waals surface area (Å²) in [6, 6.07) is 6.45. The van der Waals surface area contributed by atoms with Crippen molar-refractivity contribution in [3.8, 4) is 0 Å². The molecule has 0 amide bonds. The lowest BCUT2D eigenvalue weighted by atomic mass is 10.1.